The predicted molar refractivity (Wildman–Crippen MR) is 82.1 cm³/mol. The van der Waals surface area contributed by atoms with Crippen molar-refractivity contribution >= 4 is 15.9 Å². The third kappa shape index (κ3) is 3.67. The van der Waals surface area contributed by atoms with Crippen molar-refractivity contribution in [1.29, 1.82) is 0 Å². The second kappa shape index (κ2) is 6.50. The monoisotopic (exact) mass is 339 g/mol. The van der Waals surface area contributed by atoms with Crippen LogP contribution in [-0.4, -0.2) is 15.6 Å². The minimum absolute atomic E-state index is 0.220. The number of halogens is 2. The number of benzene rings is 1. The number of aromatic nitrogens is 2. The lowest BCUT2D eigenvalue weighted by atomic mass is 10.2. The molecular weight excluding hydrogens is 321 g/mol. The Balaban J connectivity index is 2.24. The third-order valence-corrected chi connectivity index (χ3v) is 3.94. The Labute approximate surface area is 127 Å². The highest BCUT2D eigenvalue weighted by molar-refractivity contribution is 9.10. The molecule has 3 nitrogen and oxygen atoms in total. The van der Waals surface area contributed by atoms with E-state index >= 15 is 0 Å². The quantitative estimate of drug-likeness (QED) is 0.901. The molecule has 0 amide bonds. The van der Waals surface area contributed by atoms with Crippen LogP contribution in [0.2, 0.25) is 0 Å². The summed E-state index contributed by atoms with van der Waals surface area (Å²) in [6.45, 7) is 7.55. The van der Waals surface area contributed by atoms with Crippen molar-refractivity contribution in [3.8, 4) is 0 Å². The van der Waals surface area contributed by atoms with Gasteiger partial charge in [-0.15, -0.1) is 0 Å². The molecule has 0 saturated carbocycles. The molecule has 1 aromatic carbocycles. The molecule has 0 unspecified atom stereocenters. The van der Waals surface area contributed by atoms with E-state index < -0.39 is 0 Å². The van der Waals surface area contributed by atoms with Gasteiger partial charge in [0.1, 0.15) is 11.6 Å². The van der Waals surface area contributed by atoms with Crippen LogP contribution in [0.4, 0.5) is 4.39 Å². The largest absolute Gasteiger partial charge is 0.327 e. The average molecular weight is 340 g/mol. The third-order valence-electron chi connectivity index (χ3n) is 3.17. The fraction of sp³-hybridized carbons (Fsp3) is 0.400. The summed E-state index contributed by atoms with van der Waals surface area (Å²) >= 11 is 3.47. The lowest BCUT2D eigenvalue weighted by Crippen LogP contribution is -2.23. The second-order valence-electron chi connectivity index (χ2n) is 5.15. The molecule has 20 heavy (non-hydrogen) atoms. The number of aryl methyl sites for hydroxylation is 1. The highest BCUT2D eigenvalue weighted by Gasteiger charge is 2.10. The van der Waals surface area contributed by atoms with E-state index in [-0.39, 0.29) is 5.82 Å². The molecule has 1 heterocycles. The average Bonchev–Trinajstić information content (AvgIpc) is 2.73. The SMILES string of the molecule is Cc1ncc(CNC(C)C)n1Cc1cc(F)ccc1Br. The summed E-state index contributed by atoms with van der Waals surface area (Å²) in [4.78, 5) is 4.36. The van der Waals surface area contributed by atoms with Gasteiger partial charge in [0, 0.05) is 23.3 Å². The van der Waals surface area contributed by atoms with Gasteiger partial charge in [0.25, 0.3) is 0 Å². The van der Waals surface area contributed by atoms with E-state index in [1.54, 1.807) is 12.1 Å². The zero-order valence-electron chi connectivity index (χ0n) is 12.0. The van der Waals surface area contributed by atoms with Gasteiger partial charge in [-0.05, 0) is 30.7 Å². The van der Waals surface area contributed by atoms with Crippen molar-refractivity contribution in [2.24, 2.45) is 0 Å². The van der Waals surface area contributed by atoms with Gasteiger partial charge < -0.3 is 9.88 Å². The van der Waals surface area contributed by atoms with E-state index in [0.29, 0.717) is 12.6 Å². The first-order valence-electron chi connectivity index (χ1n) is 6.65. The van der Waals surface area contributed by atoms with Crippen molar-refractivity contribution in [2.75, 3.05) is 0 Å². The first-order chi connectivity index (χ1) is 9.47. The molecule has 108 valence electrons. The van der Waals surface area contributed by atoms with Crippen LogP contribution in [0.1, 0.15) is 30.9 Å². The fourth-order valence-corrected chi connectivity index (χ4v) is 2.39. The summed E-state index contributed by atoms with van der Waals surface area (Å²) in [5, 5.41) is 3.38. The molecule has 0 bridgehead atoms. The molecule has 1 aromatic heterocycles. The van der Waals surface area contributed by atoms with E-state index in [9.17, 15) is 4.39 Å². The Hall–Kier alpha value is -1.20. The molecule has 0 fully saturated rings. The molecule has 2 rings (SSSR count). The zero-order chi connectivity index (χ0) is 14.7. The van der Waals surface area contributed by atoms with Gasteiger partial charge in [-0.2, -0.15) is 0 Å². The molecule has 0 atom stereocenters. The van der Waals surface area contributed by atoms with Crippen LogP contribution in [0.3, 0.4) is 0 Å². The van der Waals surface area contributed by atoms with Crippen molar-refractivity contribution in [3.05, 3.63) is 51.8 Å². The number of imidazole rings is 1. The lowest BCUT2D eigenvalue weighted by molar-refractivity contribution is 0.560. The smallest absolute Gasteiger partial charge is 0.123 e. The maximum Gasteiger partial charge on any atom is 0.123 e. The normalized spacial score (nSPS) is 11.3. The molecular formula is C15H19BrFN3. The number of nitrogens with one attached hydrogen (secondary N) is 1. The summed E-state index contributed by atoms with van der Waals surface area (Å²) in [6.07, 6.45) is 1.87. The minimum Gasteiger partial charge on any atom is -0.327 e. The molecule has 1 N–H and O–H groups in total. The number of hydrogen-bond donors (Lipinski definition) is 1. The Morgan fingerprint density at radius 2 is 2.15 bits per heavy atom. The van der Waals surface area contributed by atoms with Gasteiger partial charge in [0.2, 0.25) is 0 Å². The van der Waals surface area contributed by atoms with Gasteiger partial charge in [-0.25, -0.2) is 9.37 Å². The Morgan fingerprint density at radius 1 is 1.40 bits per heavy atom. The van der Waals surface area contributed by atoms with Crippen LogP contribution in [0.5, 0.6) is 0 Å². The maximum absolute atomic E-state index is 13.4. The van der Waals surface area contributed by atoms with E-state index in [2.05, 4.69) is 44.6 Å². The summed E-state index contributed by atoms with van der Waals surface area (Å²) < 4.78 is 16.4. The van der Waals surface area contributed by atoms with Gasteiger partial charge in [-0.1, -0.05) is 29.8 Å². The number of nitrogens with zero attached hydrogens (tertiary/aromatic N) is 2. The standard InChI is InChI=1S/C15H19BrFN3/c1-10(2)18-7-14-8-19-11(3)20(14)9-12-6-13(17)4-5-15(12)16/h4-6,8,10,18H,7,9H2,1-3H3. The van der Waals surface area contributed by atoms with E-state index in [1.165, 1.54) is 6.07 Å². The summed E-state index contributed by atoms with van der Waals surface area (Å²) in [5.74, 6) is 0.713. The molecule has 0 radical (unpaired) electrons. The highest BCUT2D eigenvalue weighted by Crippen LogP contribution is 2.20. The molecule has 5 heteroatoms. The molecule has 0 spiro atoms. The van der Waals surface area contributed by atoms with E-state index in [0.717, 1.165) is 28.1 Å². The highest BCUT2D eigenvalue weighted by atomic mass is 79.9. The van der Waals surface area contributed by atoms with E-state index in [4.69, 9.17) is 0 Å². The summed E-state index contributed by atoms with van der Waals surface area (Å²) in [5.41, 5.74) is 2.02. The first kappa shape index (κ1) is 15.2. The lowest BCUT2D eigenvalue weighted by Gasteiger charge is -2.14. The Kier molecular flexibility index (Phi) is 4.94. The molecule has 0 aliphatic heterocycles. The molecule has 0 aliphatic rings. The zero-order valence-corrected chi connectivity index (χ0v) is 13.5. The van der Waals surface area contributed by atoms with Crippen LogP contribution in [0.25, 0.3) is 0 Å². The van der Waals surface area contributed by atoms with Crippen LogP contribution in [0, 0.1) is 12.7 Å². The van der Waals surface area contributed by atoms with Gasteiger partial charge in [0.15, 0.2) is 0 Å². The first-order valence-corrected chi connectivity index (χ1v) is 7.45. The number of hydrogen-bond acceptors (Lipinski definition) is 2. The predicted octanol–water partition coefficient (Wildman–Crippen LogP) is 3.64. The Bertz CT molecular complexity index is 593. The van der Waals surface area contributed by atoms with Crippen LogP contribution in [0.15, 0.2) is 28.9 Å². The van der Waals surface area contributed by atoms with Crippen molar-refractivity contribution in [2.45, 2.75) is 39.9 Å². The van der Waals surface area contributed by atoms with Crippen molar-refractivity contribution in [3.63, 3.8) is 0 Å². The second-order valence-corrected chi connectivity index (χ2v) is 6.01. The van der Waals surface area contributed by atoms with Crippen LogP contribution < -0.4 is 5.32 Å². The maximum atomic E-state index is 13.4. The molecule has 0 aliphatic carbocycles. The van der Waals surface area contributed by atoms with Gasteiger partial charge in [0.05, 0.1) is 12.2 Å². The minimum atomic E-state index is -0.220. The number of rotatable bonds is 5. The summed E-state index contributed by atoms with van der Waals surface area (Å²) in [6, 6.07) is 5.17. The topological polar surface area (TPSA) is 29.9 Å². The van der Waals surface area contributed by atoms with E-state index in [1.807, 2.05) is 13.1 Å². The van der Waals surface area contributed by atoms with Crippen molar-refractivity contribution in [1.82, 2.24) is 14.9 Å². The van der Waals surface area contributed by atoms with Crippen molar-refractivity contribution < 1.29 is 4.39 Å². The van der Waals surface area contributed by atoms with Crippen LogP contribution in [-0.2, 0) is 13.1 Å². The molecule has 0 saturated heterocycles. The van der Waals surface area contributed by atoms with Crippen LogP contribution >= 0.6 is 15.9 Å². The summed E-state index contributed by atoms with van der Waals surface area (Å²) in [7, 11) is 0. The van der Waals surface area contributed by atoms with Gasteiger partial charge >= 0.3 is 0 Å². The fourth-order valence-electron chi connectivity index (χ4n) is 2.02. The van der Waals surface area contributed by atoms with Gasteiger partial charge in [-0.3, -0.25) is 0 Å². The Morgan fingerprint density at radius 3 is 2.85 bits per heavy atom. The molecule has 2 aromatic rings.